The maximum Gasteiger partial charge on any atom is 0.341 e. The molecule has 32 heavy (non-hydrogen) atoms. The van der Waals surface area contributed by atoms with Gasteiger partial charge in [0.1, 0.15) is 5.00 Å². The molecule has 1 unspecified atom stereocenters. The zero-order chi connectivity index (χ0) is 22.7. The first-order chi connectivity index (χ1) is 15.4. The van der Waals surface area contributed by atoms with Gasteiger partial charge in [0.25, 0.3) is 0 Å². The Morgan fingerprint density at radius 1 is 1.19 bits per heavy atom. The van der Waals surface area contributed by atoms with Gasteiger partial charge in [-0.1, -0.05) is 36.7 Å². The highest BCUT2D eigenvalue weighted by molar-refractivity contribution is 7.17. The Balaban J connectivity index is 1.34. The van der Waals surface area contributed by atoms with Crippen LogP contribution >= 0.6 is 22.9 Å². The minimum absolute atomic E-state index is 0.0821. The first kappa shape index (κ1) is 23.2. The summed E-state index contributed by atoms with van der Waals surface area (Å²) in [6.07, 6.45) is 2.87. The fourth-order valence-corrected chi connectivity index (χ4v) is 6.11. The molecule has 1 aliphatic heterocycles. The summed E-state index contributed by atoms with van der Waals surface area (Å²) >= 11 is 7.82. The Hall–Kier alpha value is -1.93. The number of rotatable bonds is 6. The van der Waals surface area contributed by atoms with Gasteiger partial charge in [-0.15, -0.1) is 11.3 Å². The van der Waals surface area contributed by atoms with Crippen LogP contribution in [-0.2, 0) is 28.9 Å². The number of carbonyl (C=O) groups is 2. The maximum absolute atomic E-state index is 12.8. The highest BCUT2D eigenvalue weighted by Gasteiger charge is 2.29. The van der Waals surface area contributed by atoms with Crippen molar-refractivity contribution < 1.29 is 14.3 Å². The van der Waals surface area contributed by atoms with Crippen molar-refractivity contribution in [3.8, 4) is 0 Å². The predicted octanol–water partition coefficient (Wildman–Crippen LogP) is 4.07. The number of fused-ring (bicyclic) bond motifs is 1. The van der Waals surface area contributed by atoms with E-state index in [4.69, 9.17) is 16.3 Å². The molecule has 0 spiro atoms. The Labute approximate surface area is 198 Å². The summed E-state index contributed by atoms with van der Waals surface area (Å²) in [4.78, 5) is 31.0. The summed E-state index contributed by atoms with van der Waals surface area (Å²) in [5.41, 5.74) is 2.74. The van der Waals surface area contributed by atoms with Gasteiger partial charge < -0.3 is 10.1 Å². The second-order valence-corrected chi connectivity index (χ2v) is 10.3. The molecule has 8 heteroatoms. The molecule has 1 saturated heterocycles. The first-order valence-corrected chi connectivity index (χ1v) is 12.3. The van der Waals surface area contributed by atoms with E-state index in [9.17, 15) is 9.59 Å². The lowest BCUT2D eigenvalue weighted by Gasteiger charge is -2.34. The van der Waals surface area contributed by atoms with Crippen molar-refractivity contribution in [1.82, 2.24) is 9.80 Å². The number of hydrogen-bond donors (Lipinski definition) is 1. The van der Waals surface area contributed by atoms with Crippen molar-refractivity contribution in [1.29, 1.82) is 0 Å². The number of methoxy groups -OCH3 is 1. The van der Waals surface area contributed by atoms with Crippen molar-refractivity contribution >= 4 is 39.8 Å². The molecular weight excluding hydrogens is 446 g/mol. The van der Waals surface area contributed by atoms with Crippen LogP contribution in [0.1, 0.15) is 39.7 Å². The van der Waals surface area contributed by atoms with E-state index in [2.05, 4.69) is 28.1 Å². The van der Waals surface area contributed by atoms with Gasteiger partial charge in [0.2, 0.25) is 5.91 Å². The number of ether oxygens (including phenoxy) is 1. The zero-order valence-electron chi connectivity index (χ0n) is 18.7. The van der Waals surface area contributed by atoms with Crippen molar-refractivity contribution in [2.24, 2.45) is 5.92 Å². The Kier molecular flexibility index (Phi) is 7.51. The molecule has 1 aliphatic carbocycles. The minimum atomic E-state index is -0.361. The standard InChI is InChI=1S/C24H30ClN3O3S/c1-16-7-8-18-20(13-16)32-23(22(18)24(30)31-2)26-21(29)15-28-11-9-27(10-12-28)14-17-5-3-4-6-19(17)25/h3-6,16H,7-15H2,1-2H3,(H,26,29). The molecule has 2 heterocycles. The minimum Gasteiger partial charge on any atom is -0.465 e. The summed E-state index contributed by atoms with van der Waals surface area (Å²) in [7, 11) is 1.39. The molecule has 0 saturated carbocycles. The number of nitrogens with one attached hydrogen (secondary N) is 1. The first-order valence-electron chi connectivity index (χ1n) is 11.2. The molecule has 6 nitrogen and oxygen atoms in total. The fourth-order valence-electron chi connectivity index (χ4n) is 4.50. The van der Waals surface area contributed by atoms with E-state index in [1.165, 1.54) is 23.3 Å². The Bertz CT molecular complexity index is 985. The molecule has 2 aliphatic rings. The number of piperazine rings is 1. The Morgan fingerprint density at radius 3 is 2.62 bits per heavy atom. The lowest BCUT2D eigenvalue weighted by atomic mass is 9.88. The van der Waals surface area contributed by atoms with Crippen LogP contribution in [0.3, 0.4) is 0 Å². The number of hydrogen-bond acceptors (Lipinski definition) is 6. The van der Waals surface area contributed by atoms with Crippen LogP contribution in [0.25, 0.3) is 0 Å². The maximum atomic E-state index is 12.8. The molecular formula is C24H30ClN3O3S. The molecule has 2 aromatic rings. The van der Waals surface area contributed by atoms with Gasteiger partial charge in [-0.25, -0.2) is 4.79 Å². The number of thiophene rings is 1. The lowest BCUT2D eigenvalue weighted by molar-refractivity contribution is -0.117. The summed E-state index contributed by atoms with van der Waals surface area (Å²) in [6, 6.07) is 7.93. The Morgan fingerprint density at radius 2 is 1.91 bits per heavy atom. The van der Waals surface area contributed by atoms with Gasteiger partial charge in [-0.05, 0) is 42.4 Å². The third-order valence-corrected chi connectivity index (χ3v) is 7.88. The molecule has 1 aromatic carbocycles. The summed E-state index contributed by atoms with van der Waals surface area (Å²) in [6.45, 7) is 6.78. The SMILES string of the molecule is COC(=O)c1c(NC(=O)CN2CCN(Cc3ccccc3Cl)CC2)sc2c1CCC(C)C2. The van der Waals surface area contributed by atoms with E-state index in [0.29, 0.717) is 23.0 Å². The average Bonchev–Trinajstić information content (AvgIpc) is 3.12. The molecule has 1 amide bonds. The van der Waals surface area contributed by atoms with E-state index < -0.39 is 0 Å². The molecule has 1 fully saturated rings. The molecule has 1 aromatic heterocycles. The van der Waals surface area contributed by atoms with E-state index >= 15 is 0 Å². The number of halogens is 1. The van der Waals surface area contributed by atoms with Gasteiger partial charge in [-0.3, -0.25) is 14.6 Å². The van der Waals surface area contributed by atoms with Crippen LogP contribution in [0.4, 0.5) is 5.00 Å². The third-order valence-electron chi connectivity index (χ3n) is 6.34. The van der Waals surface area contributed by atoms with Gasteiger partial charge >= 0.3 is 5.97 Å². The van der Waals surface area contributed by atoms with Gasteiger partial charge in [0, 0.05) is 42.6 Å². The second-order valence-electron chi connectivity index (χ2n) is 8.74. The van der Waals surface area contributed by atoms with Crippen LogP contribution in [0, 0.1) is 5.92 Å². The van der Waals surface area contributed by atoms with E-state index in [1.807, 2.05) is 18.2 Å². The molecule has 0 bridgehead atoms. The quantitative estimate of drug-likeness (QED) is 0.638. The van der Waals surface area contributed by atoms with Crippen LogP contribution in [0.5, 0.6) is 0 Å². The normalized spacial score (nSPS) is 19.4. The lowest BCUT2D eigenvalue weighted by Crippen LogP contribution is -2.48. The predicted molar refractivity (Wildman–Crippen MR) is 129 cm³/mol. The van der Waals surface area contributed by atoms with Crippen LogP contribution in [-0.4, -0.2) is 61.5 Å². The van der Waals surface area contributed by atoms with Crippen molar-refractivity contribution in [2.75, 3.05) is 45.2 Å². The van der Waals surface area contributed by atoms with Gasteiger partial charge in [0.05, 0.1) is 19.2 Å². The van der Waals surface area contributed by atoms with Crippen LogP contribution in [0.2, 0.25) is 5.02 Å². The largest absolute Gasteiger partial charge is 0.465 e. The van der Waals surface area contributed by atoms with E-state index in [-0.39, 0.29) is 11.9 Å². The van der Waals surface area contributed by atoms with Crippen LogP contribution in [0.15, 0.2) is 24.3 Å². The average molecular weight is 476 g/mol. The smallest absolute Gasteiger partial charge is 0.341 e. The van der Waals surface area contributed by atoms with Crippen LogP contribution < -0.4 is 5.32 Å². The summed E-state index contributed by atoms with van der Waals surface area (Å²) in [5, 5.41) is 4.44. The van der Waals surface area contributed by atoms with Crippen molar-refractivity contribution in [3.05, 3.63) is 50.9 Å². The highest BCUT2D eigenvalue weighted by atomic mass is 35.5. The highest BCUT2D eigenvalue weighted by Crippen LogP contribution is 2.40. The third kappa shape index (κ3) is 5.34. The fraction of sp³-hybridized carbons (Fsp3) is 0.500. The molecule has 1 atom stereocenters. The monoisotopic (exact) mass is 475 g/mol. The van der Waals surface area contributed by atoms with E-state index in [0.717, 1.165) is 68.1 Å². The van der Waals surface area contributed by atoms with Crippen molar-refractivity contribution in [2.45, 2.75) is 32.7 Å². The van der Waals surface area contributed by atoms with Gasteiger partial charge in [-0.2, -0.15) is 0 Å². The van der Waals surface area contributed by atoms with Crippen molar-refractivity contribution in [3.63, 3.8) is 0 Å². The number of carbonyl (C=O) groups excluding carboxylic acids is 2. The number of anilines is 1. The van der Waals surface area contributed by atoms with Gasteiger partial charge in [0.15, 0.2) is 0 Å². The number of esters is 1. The second kappa shape index (κ2) is 10.3. The summed E-state index contributed by atoms with van der Waals surface area (Å²) in [5.74, 6) is 0.152. The molecule has 4 rings (SSSR count). The number of nitrogens with zero attached hydrogens (tertiary/aromatic N) is 2. The number of amides is 1. The molecule has 1 N–H and O–H groups in total. The number of benzene rings is 1. The topological polar surface area (TPSA) is 61.9 Å². The summed E-state index contributed by atoms with van der Waals surface area (Å²) < 4.78 is 5.02. The molecule has 0 radical (unpaired) electrons. The van der Waals surface area contributed by atoms with E-state index in [1.54, 1.807) is 0 Å². The molecule has 172 valence electrons. The zero-order valence-corrected chi connectivity index (χ0v) is 20.2.